The van der Waals surface area contributed by atoms with Gasteiger partial charge in [-0.05, 0) is 24.3 Å². The maximum absolute atomic E-state index is 12.2. The van der Waals surface area contributed by atoms with Crippen molar-refractivity contribution in [2.75, 3.05) is 0 Å². The zero-order valence-corrected chi connectivity index (χ0v) is 10.5. The van der Waals surface area contributed by atoms with E-state index in [1.807, 2.05) is 0 Å². The van der Waals surface area contributed by atoms with Gasteiger partial charge in [0.15, 0.2) is 0 Å². The van der Waals surface area contributed by atoms with E-state index in [1.165, 1.54) is 0 Å². The third-order valence-corrected chi connectivity index (χ3v) is 2.90. The first-order valence-corrected chi connectivity index (χ1v) is 6.25. The highest BCUT2D eigenvalue weighted by Gasteiger charge is 2.50. The molecule has 0 saturated carbocycles. The smallest absolute Gasteiger partial charge is 0.511 e. The Hall–Kier alpha value is -1.47. The Morgan fingerprint density at radius 2 is 1.48 bits per heavy atom. The summed E-state index contributed by atoms with van der Waals surface area (Å²) in [6, 6.07) is 2.35. The second-order valence-corrected chi connectivity index (χ2v) is 5.01. The van der Waals surface area contributed by atoms with Crippen molar-refractivity contribution >= 4 is 17.4 Å². The molecule has 0 fully saturated rings. The van der Waals surface area contributed by atoms with Crippen LogP contribution in [0.2, 0.25) is 0 Å². The minimum atomic E-state index is -6.10. The Morgan fingerprint density at radius 3 is 1.86 bits per heavy atom. The molecule has 0 amide bonds. The van der Waals surface area contributed by atoms with E-state index < -0.39 is 40.4 Å². The average Bonchev–Trinajstić information content (AvgIpc) is 2.25. The molecule has 118 valence electrons. The molecule has 0 atom stereocenters. The predicted molar refractivity (Wildman–Crippen MR) is 56.1 cm³/mol. The van der Waals surface area contributed by atoms with Gasteiger partial charge in [-0.3, -0.25) is 4.10 Å². The van der Waals surface area contributed by atoms with Crippen molar-refractivity contribution in [3.63, 3.8) is 0 Å². The zero-order valence-electron chi connectivity index (χ0n) is 9.64. The van der Waals surface area contributed by atoms with Crippen LogP contribution < -0.4 is 4.65 Å². The summed E-state index contributed by atoms with van der Waals surface area (Å²) in [6.45, 7) is 0. The number of hydrogen-bond acceptors (Lipinski definition) is 5. The highest BCUT2D eigenvalue weighted by molar-refractivity contribution is 7.88. The topological polar surface area (TPSA) is 72.8 Å². The summed E-state index contributed by atoms with van der Waals surface area (Å²) >= 11 is 0. The van der Waals surface area contributed by atoms with Gasteiger partial charge in [-0.15, -0.1) is 0 Å². The van der Waals surface area contributed by atoms with Crippen molar-refractivity contribution in [2.45, 2.75) is 11.7 Å². The molecule has 0 spiro atoms. The van der Waals surface area contributed by atoms with Crippen molar-refractivity contribution < 1.29 is 48.5 Å². The highest BCUT2D eigenvalue weighted by atomic mass is 32.2. The average molecular weight is 338 g/mol. The lowest BCUT2D eigenvalue weighted by Gasteiger charge is -2.12. The summed E-state index contributed by atoms with van der Waals surface area (Å²) in [5.41, 5.74) is -6.86. The highest BCUT2D eigenvalue weighted by Crippen LogP contribution is 2.30. The van der Waals surface area contributed by atoms with Gasteiger partial charge in [-0.1, -0.05) is 0 Å². The van der Waals surface area contributed by atoms with Gasteiger partial charge in [-0.25, -0.2) is 0 Å². The number of halogens is 6. The second-order valence-electron chi connectivity index (χ2n) is 3.44. The summed E-state index contributed by atoms with van der Waals surface area (Å²) in [6.07, 6.45) is -4.65. The molecule has 0 aromatic heterocycles. The van der Waals surface area contributed by atoms with Crippen molar-refractivity contribution in [2.24, 2.45) is 0 Å². The van der Waals surface area contributed by atoms with Crippen LogP contribution in [0.3, 0.4) is 0 Å². The molecule has 1 rings (SSSR count). The third-order valence-electron chi connectivity index (χ3n) is 1.91. The van der Waals surface area contributed by atoms with Crippen molar-refractivity contribution in [3.8, 4) is 5.75 Å². The molecular weight excluding hydrogens is 333 g/mol. The summed E-state index contributed by atoms with van der Waals surface area (Å²) < 4.78 is 101. The molecule has 1 aromatic carbocycles. The minimum Gasteiger partial charge on any atom is -0.511 e. The lowest BCUT2D eigenvalue weighted by molar-refractivity contribution is -0.137. The van der Waals surface area contributed by atoms with Crippen LogP contribution in [0.5, 0.6) is 5.75 Å². The standard InChI is InChI=1S/C8H5BF6O5S/c10-7(11,12)5-1-3-6(4-2-5)19-9(16)20-21(17,18)8(13,14)15/h1-4,16H. The third kappa shape index (κ3) is 4.79. The minimum absolute atomic E-state index is 0.514. The number of hydrogen-bond donors (Lipinski definition) is 1. The molecule has 5 nitrogen and oxygen atoms in total. The Balaban J connectivity index is 2.75. The van der Waals surface area contributed by atoms with Gasteiger partial charge in [-0.2, -0.15) is 34.8 Å². The summed E-state index contributed by atoms with van der Waals surface area (Å²) in [5.74, 6) is -0.534. The molecule has 0 aliphatic heterocycles. The summed E-state index contributed by atoms with van der Waals surface area (Å²) in [7, 11) is -8.97. The molecule has 1 aromatic rings. The fourth-order valence-corrected chi connectivity index (χ4v) is 1.39. The molecule has 0 radical (unpaired) electrons. The molecule has 0 aliphatic carbocycles. The van der Waals surface area contributed by atoms with Gasteiger partial charge in [0.2, 0.25) is 0 Å². The van der Waals surface area contributed by atoms with E-state index >= 15 is 0 Å². The molecule has 13 heteroatoms. The van der Waals surface area contributed by atoms with Crippen LogP contribution >= 0.6 is 0 Å². The van der Waals surface area contributed by atoms with E-state index in [0.29, 0.717) is 24.3 Å². The number of rotatable bonds is 4. The first-order valence-electron chi connectivity index (χ1n) is 4.84. The van der Waals surface area contributed by atoms with Gasteiger partial charge in [0, 0.05) is 0 Å². The maximum Gasteiger partial charge on any atom is 0.725 e. The fraction of sp³-hybridized carbons (Fsp3) is 0.250. The van der Waals surface area contributed by atoms with E-state index in [9.17, 15) is 34.8 Å². The Bertz CT molecular complexity index is 581. The fourth-order valence-electron chi connectivity index (χ4n) is 1.02. The molecule has 1 N–H and O–H groups in total. The van der Waals surface area contributed by atoms with Crippen LogP contribution in [0.25, 0.3) is 0 Å². The van der Waals surface area contributed by atoms with Gasteiger partial charge in [0.25, 0.3) is 0 Å². The Labute approximate surface area is 114 Å². The Morgan fingerprint density at radius 1 is 1.00 bits per heavy atom. The molecule has 0 saturated heterocycles. The lowest BCUT2D eigenvalue weighted by atomic mass is 10.2. The SMILES string of the molecule is O=S(=O)(OB(O)Oc1ccc(C(F)(F)F)cc1)C(F)(F)F. The Kier molecular flexibility index (Phi) is 4.80. The van der Waals surface area contributed by atoms with Crippen molar-refractivity contribution in [3.05, 3.63) is 29.8 Å². The first-order chi connectivity index (χ1) is 9.33. The summed E-state index contributed by atoms with van der Waals surface area (Å²) in [5, 5.41) is 8.88. The van der Waals surface area contributed by atoms with Crippen LogP contribution in [-0.4, -0.2) is 26.3 Å². The number of alkyl halides is 6. The van der Waals surface area contributed by atoms with Gasteiger partial charge < -0.3 is 9.68 Å². The molecule has 0 aliphatic rings. The largest absolute Gasteiger partial charge is 0.725 e. The molecule has 21 heavy (non-hydrogen) atoms. The van der Waals surface area contributed by atoms with Crippen LogP contribution in [-0.2, 0) is 20.4 Å². The van der Waals surface area contributed by atoms with E-state index in [4.69, 9.17) is 5.02 Å². The maximum atomic E-state index is 12.2. The lowest BCUT2D eigenvalue weighted by Crippen LogP contribution is -2.36. The first kappa shape index (κ1) is 17.6. The predicted octanol–water partition coefficient (Wildman–Crippen LogP) is 1.93. The van der Waals surface area contributed by atoms with Gasteiger partial charge in [0.05, 0.1) is 5.56 Å². The van der Waals surface area contributed by atoms with Crippen LogP contribution in [0.15, 0.2) is 24.3 Å². The normalized spacial score (nSPS) is 13.1. The van der Waals surface area contributed by atoms with E-state index in [-0.39, 0.29) is 0 Å². The van der Waals surface area contributed by atoms with Gasteiger partial charge >= 0.3 is 29.1 Å². The van der Waals surface area contributed by atoms with Crippen LogP contribution in [0.4, 0.5) is 26.3 Å². The molecule has 0 heterocycles. The van der Waals surface area contributed by atoms with Crippen LogP contribution in [0.1, 0.15) is 5.56 Å². The number of benzene rings is 1. The second kappa shape index (κ2) is 5.73. The molecular formula is C8H5BF6O5S. The summed E-state index contributed by atoms with van der Waals surface area (Å²) in [4.78, 5) is 0. The molecule has 0 bridgehead atoms. The van der Waals surface area contributed by atoms with E-state index in [2.05, 4.69) is 8.75 Å². The van der Waals surface area contributed by atoms with Crippen LogP contribution in [0, 0.1) is 0 Å². The van der Waals surface area contributed by atoms with Crippen molar-refractivity contribution in [1.82, 2.24) is 0 Å². The van der Waals surface area contributed by atoms with E-state index in [0.717, 1.165) is 0 Å². The van der Waals surface area contributed by atoms with Crippen molar-refractivity contribution in [1.29, 1.82) is 0 Å². The zero-order chi connectivity index (χ0) is 16.5. The van der Waals surface area contributed by atoms with Gasteiger partial charge in [0.1, 0.15) is 5.75 Å². The van der Waals surface area contributed by atoms with E-state index in [1.54, 1.807) is 0 Å². The monoisotopic (exact) mass is 338 g/mol. The molecule has 0 unspecified atom stereocenters. The quantitative estimate of drug-likeness (QED) is 0.516.